The molecule has 4 heterocycles. The second kappa shape index (κ2) is 7.17. The van der Waals surface area contributed by atoms with Gasteiger partial charge in [0.25, 0.3) is 0 Å². The molecule has 0 radical (unpaired) electrons. The lowest BCUT2D eigenvalue weighted by atomic mass is 9.98. The third-order valence-corrected chi connectivity index (χ3v) is 6.38. The lowest BCUT2D eigenvalue weighted by molar-refractivity contribution is 0.409. The van der Waals surface area contributed by atoms with Crippen LogP contribution in [0.3, 0.4) is 0 Å². The van der Waals surface area contributed by atoms with Crippen LogP contribution >= 0.6 is 0 Å². The van der Waals surface area contributed by atoms with Gasteiger partial charge in [0.15, 0.2) is 0 Å². The molecule has 0 aliphatic carbocycles. The van der Waals surface area contributed by atoms with E-state index in [-0.39, 0.29) is 0 Å². The molecule has 0 saturated carbocycles. The van der Waals surface area contributed by atoms with Crippen molar-refractivity contribution in [2.24, 2.45) is 0 Å². The maximum atomic E-state index is 4.97. The highest BCUT2D eigenvalue weighted by Gasteiger charge is 2.25. The van der Waals surface area contributed by atoms with Crippen LogP contribution in [0, 0.1) is 0 Å². The largest absolute Gasteiger partial charge is 0.357 e. The van der Waals surface area contributed by atoms with Crippen molar-refractivity contribution in [2.45, 2.75) is 25.7 Å². The summed E-state index contributed by atoms with van der Waals surface area (Å²) in [4.78, 5) is 9.83. The molecular weight excluding hydrogens is 366 g/mol. The van der Waals surface area contributed by atoms with Crippen LogP contribution in [0.1, 0.15) is 28.8 Å². The Morgan fingerprint density at radius 2 is 1.70 bits per heavy atom. The van der Waals surface area contributed by atoms with Crippen LogP contribution in [-0.2, 0) is 19.3 Å². The minimum Gasteiger partial charge on any atom is -0.357 e. The average molecular weight is 392 g/mol. The van der Waals surface area contributed by atoms with Crippen LogP contribution in [0.5, 0.6) is 0 Å². The Morgan fingerprint density at radius 3 is 2.67 bits per heavy atom. The van der Waals surface area contributed by atoms with Gasteiger partial charge >= 0.3 is 0 Å². The van der Waals surface area contributed by atoms with Gasteiger partial charge in [0.1, 0.15) is 0 Å². The molecule has 6 rings (SSSR count). The Labute approximate surface area is 178 Å². The molecule has 0 unspecified atom stereocenters. The zero-order valence-corrected chi connectivity index (χ0v) is 17.1. The zero-order valence-electron chi connectivity index (χ0n) is 17.1. The first-order chi connectivity index (χ1) is 14.8. The maximum Gasteiger partial charge on any atom is 0.0948 e. The van der Waals surface area contributed by atoms with E-state index in [2.05, 4.69) is 88.8 Å². The molecule has 2 aromatic carbocycles. The molecule has 148 valence electrons. The van der Waals surface area contributed by atoms with Gasteiger partial charge in [0.2, 0.25) is 0 Å². The summed E-state index contributed by atoms with van der Waals surface area (Å²) >= 11 is 0. The normalized spacial score (nSPS) is 17.1. The topological polar surface area (TPSA) is 19.4 Å². The van der Waals surface area contributed by atoms with Gasteiger partial charge < -0.3 is 9.80 Å². The number of nitrogens with zero attached hydrogens (tertiary/aromatic N) is 3. The van der Waals surface area contributed by atoms with Gasteiger partial charge in [-0.3, -0.25) is 4.98 Å². The molecule has 3 aliphatic heterocycles. The molecule has 3 heteroatoms. The van der Waals surface area contributed by atoms with Crippen molar-refractivity contribution < 1.29 is 0 Å². The fourth-order valence-electron chi connectivity index (χ4n) is 4.76. The van der Waals surface area contributed by atoms with Gasteiger partial charge in [-0.2, -0.15) is 0 Å². The summed E-state index contributed by atoms with van der Waals surface area (Å²) in [6.07, 6.45) is 11.1. The zero-order chi connectivity index (χ0) is 19.9. The van der Waals surface area contributed by atoms with Gasteiger partial charge in [-0.15, -0.1) is 0 Å². The standard InChI is InChI=1S/C27H25N3/c1-4-20-6-2-7-23(16-20)26-9-3-8-24(28-26)14-15-29-18-25-13-12-22-11-10-21(5-1)17-27(22)30(25)19-29/h2-3,6-13,16-18H,1,4-5,14-15,19H2. The third kappa shape index (κ3) is 3.21. The van der Waals surface area contributed by atoms with E-state index in [4.69, 9.17) is 4.98 Å². The summed E-state index contributed by atoms with van der Waals surface area (Å²) in [7, 11) is 0. The van der Waals surface area contributed by atoms with E-state index in [0.29, 0.717) is 0 Å². The molecule has 3 aliphatic rings. The van der Waals surface area contributed by atoms with Gasteiger partial charge in [0, 0.05) is 30.4 Å². The lowest BCUT2D eigenvalue weighted by Crippen LogP contribution is -2.29. The number of aryl methyl sites for hydroxylation is 2. The summed E-state index contributed by atoms with van der Waals surface area (Å²) in [5.74, 6) is 0. The molecule has 0 N–H and O–H groups in total. The summed E-state index contributed by atoms with van der Waals surface area (Å²) in [5, 5.41) is 0. The molecule has 0 saturated heterocycles. The van der Waals surface area contributed by atoms with Gasteiger partial charge in [-0.1, -0.05) is 42.5 Å². The summed E-state index contributed by atoms with van der Waals surface area (Å²) in [6, 6.07) is 22.3. The van der Waals surface area contributed by atoms with E-state index < -0.39 is 0 Å². The number of hydrogen-bond donors (Lipinski definition) is 0. The summed E-state index contributed by atoms with van der Waals surface area (Å²) in [6.45, 7) is 1.88. The molecule has 3 aromatic rings. The highest BCUT2D eigenvalue weighted by atomic mass is 15.4. The highest BCUT2D eigenvalue weighted by Crippen LogP contribution is 2.35. The molecule has 0 fully saturated rings. The smallest absolute Gasteiger partial charge is 0.0948 e. The fourth-order valence-corrected chi connectivity index (χ4v) is 4.76. The summed E-state index contributed by atoms with van der Waals surface area (Å²) in [5.41, 5.74) is 10.2. The van der Waals surface area contributed by atoms with E-state index in [1.54, 1.807) is 0 Å². The number of fused-ring (bicyclic) bond motifs is 7. The second-order valence-electron chi connectivity index (χ2n) is 8.48. The maximum absolute atomic E-state index is 4.97. The molecule has 30 heavy (non-hydrogen) atoms. The van der Waals surface area contributed by atoms with Crippen LogP contribution in [0.25, 0.3) is 17.3 Å². The monoisotopic (exact) mass is 391 g/mol. The SMILES string of the molecule is C1=Cc2ccc3cc2N2CN(C=C12)CCc1cccc(n1)-c1cccc(c1)CCC3. The van der Waals surface area contributed by atoms with Crippen LogP contribution in [0.4, 0.5) is 5.69 Å². The van der Waals surface area contributed by atoms with E-state index in [0.717, 1.165) is 50.3 Å². The Kier molecular flexibility index (Phi) is 4.19. The lowest BCUT2D eigenvalue weighted by Gasteiger charge is -2.27. The molecule has 0 spiro atoms. The number of benzene rings is 2. The van der Waals surface area contributed by atoms with E-state index in [9.17, 15) is 0 Å². The number of hydrogen-bond acceptors (Lipinski definition) is 3. The number of allylic oxidation sites excluding steroid dienone is 1. The molecule has 1 aromatic heterocycles. The number of anilines is 1. The van der Waals surface area contributed by atoms with Crippen LogP contribution in [0.2, 0.25) is 0 Å². The molecule has 0 atom stereocenters. The number of rotatable bonds is 0. The quantitative estimate of drug-likeness (QED) is 0.509. The molecule has 0 amide bonds. The second-order valence-corrected chi connectivity index (χ2v) is 8.48. The Hall–Kier alpha value is -3.33. The Balaban J connectivity index is 1.39. The first-order valence-corrected chi connectivity index (χ1v) is 10.9. The predicted molar refractivity (Wildman–Crippen MR) is 123 cm³/mol. The molecule has 3 nitrogen and oxygen atoms in total. The molecule has 8 bridgehead atoms. The van der Waals surface area contributed by atoms with Gasteiger partial charge in [0.05, 0.1) is 23.7 Å². The van der Waals surface area contributed by atoms with Crippen molar-refractivity contribution in [3.05, 3.63) is 101 Å². The minimum atomic E-state index is 0.913. The van der Waals surface area contributed by atoms with Crippen LogP contribution < -0.4 is 4.90 Å². The van der Waals surface area contributed by atoms with Crippen LogP contribution in [-0.4, -0.2) is 23.1 Å². The van der Waals surface area contributed by atoms with Crippen molar-refractivity contribution in [1.82, 2.24) is 9.88 Å². The Bertz CT molecular complexity index is 1170. The van der Waals surface area contributed by atoms with E-state index in [1.165, 1.54) is 33.6 Å². The Morgan fingerprint density at radius 1 is 0.800 bits per heavy atom. The predicted octanol–water partition coefficient (Wildman–Crippen LogP) is 5.43. The van der Waals surface area contributed by atoms with E-state index >= 15 is 0 Å². The van der Waals surface area contributed by atoms with Crippen molar-refractivity contribution in [2.75, 3.05) is 18.1 Å². The average Bonchev–Trinajstić information content (AvgIpc) is 3.21. The first kappa shape index (κ1) is 17.5. The van der Waals surface area contributed by atoms with Gasteiger partial charge in [-0.05, 0) is 66.3 Å². The van der Waals surface area contributed by atoms with Crippen LogP contribution in [0.15, 0.2) is 78.6 Å². The van der Waals surface area contributed by atoms with Gasteiger partial charge in [-0.25, -0.2) is 0 Å². The van der Waals surface area contributed by atoms with Crippen molar-refractivity contribution in [1.29, 1.82) is 0 Å². The van der Waals surface area contributed by atoms with E-state index in [1.807, 2.05) is 0 Å². The minimum absolute atomic E-state index is 0.913. The number of aromatic nitrogens is 1. The summed E-state index contributed by atoms with van der Waals surface area (Å²) < 4.78 is 0. The first-order valence-electron chi connectivity index (χ1n) is 10.9. The number of pyridine rings is 1. The van der Waals surface area contributed by atoms with Crippen molar-refractivity contribution >= 4 is 11.8 Å². The van der Waals surface area contributed by atoms with Crippen molar-refractivity contribution in [3.8, 4) is 11.3 Å². The molecular formula is C27H25N3. The van der Waals surface area contributed by atoms with Crippen molar-refractivity contribution in [3.63, 3.8) is 0 Å². The third-order valence-electron chi connectivity index (χ3n) is 6.38. The fraction of sp³-hybridized carbons (Fsp3) is 0.222. The highest BCUT2D eigenvalue weighted by molar-refractivity contribution is 5.77.